The molecule has 0 unspecified atom stereocenters. The van der Waals surface area contributed by atoms with Gasteiger partial charge in [-0.3, -0.25) is 9.59 Å². The predicted molar refractivity (Wildman–Crippen MR) is 109 cm³/mol. The molecule has 2 aromatic rings. The predicted octanol–water partition coefficient (Wildman–Crippen LogP) is 3.71. The van der Waals surface area contributed by atoms with Crippen molar-refractivity contribution in [1.29, 1.82) is 0 Å². The van der Waals surface area contributed by atoms with E-state index in [-0.39, 0.29) is 12.5 Å². The smallest absolute Gasteiger partial charge is 0.341 e. The second kappa shape index (κ2) is 9.21. The first kappa shape index (κ1) is 20.4. The van der Waals surface area contributed by atoms with Crippen molar-refractivity contribution in [3.8, 4) is 0 Å². The van der Waals surface area contributed by atoms with Crippen LogP contribution in [0.1, 0.15) is 46.1 Å². The maximum atomic E-state index is 12.6. The molecule has 6 nitrogen and oxygen atoms in total. The van der Waals surface area contributed by atoms with E-state index in [0.717, 1.165) is 41.7 Å². The van der Waals surface area contributed by atoms with E-state index in [0.29, 0.717) is 22.1 Å². The zero-order valence-electron chi connectivity index (χ0n) is 15.5. The number of rotatable bonds is 6. The van der Waals surface area contributed by atoms with Gasteiger partial charge in [0.05, 0.1) is 5.56 Å². The van der Waals surface area contributed by atoms with Crippen molar-refractivity contribution in [2.24, 2.45) is 0 Å². The number of halogens is 1. The van der Waals surface area contributed by atoms with Crippen LogP contribution in [-0.2, 0) is 33.7 Å². The van der Waals surface area contributed by atoms with Crippen molar-refractivity contribution in [3.63, 3.8) is 0 Å². The summed E-state index contributed by atoms with van der Waals surface area (Å²) in [5, 5.41) is 6.55. The Morgan fingerprint density at radius 2 is 1.86 bits per heavy atom. The molecule has 0 saturated heterocycles. The molecule has 0 bridgehead atoms. The molecule has 148 valence electrons. The molecule has 0 aliphatic heterocycles. The Labute approximate surface area is 172 Å². The molecule has 1 heterocycles. The van der Waals surface area contributed by atoms with Gasteiger partial charge in [0, 0.05) is 23.4 Å². The van der Waals surface area contributed by atoms with Gasteiger partial charge in [0.15, 0.2) is 6.61 Å². The third-order valence-corrected chi connectivity index (χ3v) is 5.86. The fourth-order valence-electron chi connectivity index (χ4n) is 3.09. The number of amides is 2. The number of esters is 1. The lowest BCUT2D eigenvalue weighted by Crippen LogP contribution is -2.28. The average Bonchev–Trinajstić information content (AvgIpc) is 3.02. The second-order valence-corrected chi connectivity index (χ2v) is 8.12. The van der Waals surface area contributed by atoms with E-state index in [1.165, 1.54) is 18.3 Å². The second-order valence-electron chi connectivity index (χ2n) is 6.58. The van der Waals surface area contributed by atoms with Gasteiger partial charge in [0.25, 0.3) is 5.91 Å². The van der Waals surface area contributed by atoms with Gasteiger partial charge in [-0.1, -0.05) is 23.7 Å². The normalized spacial score (nSPS) is 12.8. The number of ether oxygens (including phenoxy) is 1. The van der Waals surface area contributed by atoms with Crippen molar-refractivity contribution in [2.75, 3.05) is 11.9 Å². The molecule has 0 atom stereocenters. The lowest BCUT2D eigenvalue weighted by molar-refractivity contribution is -0.124. The van der Waals surface area contributed by atoms with Gasteiger partial charge >= 0.3 is 5.97 Å². The minimum atomic E-state index is -0.579. The van der Waals surface area contributed by atoms with Crippen LogP contribution in [-0.4, -0.2) is 24.4 Å². The summed E-state index contributed by atoms with van der Waals surface area (Å²) in [6.45, 7) is 1.34. The Balaban J connectivity index is 1.61. The number of benzene rings is 1. The summed E-state index contributed by atoms with van der Waals surface area (Å²) in [6, 6.07) is 7.11. The average molecular weight is 421 g/mol. The van der Waals surface area contributed by atoms with Crippen LogP contribution in [0.2, 0.25) is 5.02 Å². The number of fused-ring (bicyclic) bond motifs is 1. The molecule has 1 aliphatic rings. The number of carbonyl (C=O) groups excluding carboxylic acids is 3. The van der Waals surface area contributed by atoms with E-state index in [1.807, 2.05) is 12.1 Å². The maximum absolute atomic E-state index is 12.6. The van der Waals surface area contributed by atoms with Crippen LogP contribution < -0.4 is 10.6 Å². The first-order valence-electron chi connectivity index (χ1n) is 9.04. The molecule has 0 radical (unpaired) electrons. The zero-order valence-corrected chi connectivity index (χ0v) is 17.0. The monoisotopic (exact) mass is 420 g/mol. The molecule has 8 heteroatoms. The number of hydrogen-bond acceptors (Lipinski definition) is 5. The summed E-state index contributed by atoms with van der Waals surface area (Å²) < 4.78 is 5.23. The van der Waals surface area contributed by atoms with Crippen LogP contribution in [0.4, 0.5) is 5.00 Å². The highest BCUT2D eigenvalue weighted by Gasteiger charge is 2.27. The molecule has 0 spiro atoms. The molecule has 2 amide bonds. The van der Waals surface area contributed by atoms with E-state index in [9.17, 15) is 14.4 Å². The van der Waals surface area contributed by atoms with Crippen LogP contribution in [0.25, 0.3) is 0 Å². The molecule has 2 N–H and O–H groups in total. The Bertz CT molecular complexity index is 892. The first-order chi connectivity index (χ1) is 13.4. The molecule has 0 saturated carbocycles. The molecule has 1 aliphatic carbocycles. The lowest BCUT2D eigenvalue weighted by atomic mass is 9.95. The van der Waals surface area contributed by atoms with Crippen molar-refractivity contribution in [2.45, 2.75) is 39.2 Å². The summed E-state index contributed by atoms with van der Waals surface area (Å²) in [4.78, 5) is 37.2. The van der Waals surface area contributed by atoms with Gasteiger partial charge < -0.3 is 15.4 Å². The minimum absolute atomic E-state index is 0.242. The highest BCUT2D eigenvalue weighted by atomic mass is 35.5. The van der Waals surface area contributed by atoms with Crippen LogP contribution in [0.3, 0.4) is 0 Å². The fourth-order valence-corrected chi connectivity index (χ4v) is 4.54. The minimum Gasteiger partial charge on any atom is -0.452 e. The number of thiophene rings is 1. The maximum Gasteiger partial charge on any atom is 0.341 e. The molecule has 1 aromatic heterocycles. The molecule has 1 aromatic carbocycles. The van der Waals surface area contributed by atoms with Gasteiger partial charge in [-0.25, -0.2) is 4.79 Å². The summed E-state index contributed by atoms with van der Waals surface area (Å²) >= 11 is 7.25. The fraction of sp³-hybridized carbons (Fsp3) is 0.350. The highest BCUT2D eigenvalue weighted by Crippen LogP contribution is 2.38. The summed E-state index contributed by atoms with van der Waals surface area (Å²) in [5.41, 5.74) is 2.22. The summed E-state index contributed by atoms with van der Waals surface area (Å²) in [7, 11) is 0. The SMILES string of the molecule is CC(=O)Nc1sc2c(c1C(=O)OCC(=O)NCc1ccc(Cl)cc1)CCCC2. The van der Waals surface area contributed by atoms with Gasteiger partial charge in [-0.2, -0.15) is 0 Å². The van der Waals surface area contributed by atoms with Crippen LogP contribution in [0.5, 0.6) is 0 Å². The van der Waals surface area contributed by atoms with Crippen LogP contribution in [0, 0.1) is 0 Å². The standard InChI is InChI=1S/C20H21ClN2O4S/c1-12(24)23-19-18(15-4-2-3-5-16(15)28-19)20(26)27-11-17(25)22-10-13-6-8-14(21)9-7-13/h6-9H,2-5,10-11H2,1H3,(H,22,25)(H,23,24). The van der Waals surface area contributed by atoms with E-state index >= 15 is 0 Å². The number of hydrogen-bond donors (Lipinski definition) is 2. The number of aryl methyl sites for hydroxylation is 1. The Morgan fingerprint density at radius 1 is 1.14 bits per heavy atom. The van der Waals surface area contributed by atoms with E-state index in [4.69, 9.17) is 16.3 Å². The van der Waals surface area contributed by atoms with Crippen molar-refractivity contribution >= 4 is 45.7 Å². The van der Waals surface area contributed by atoms with Gasteiger partial charge in [-0.15, -0.1) is 11.3 Å². The largest absolute Gasteiger partial charge is 0.452 e. The molecular weight excluding hydrogens is 400 g/mol. The number of anilines is 1. The van der Waals surface area contributed by atoms with Gasteiger partial charge in [0.1, 0.15) is 5.00 Å². The van der Waals surface area contributed by atoms with Gasteiger partial charge in [0.2, 0.25) is 5.91 Å². The summed E-state index contributed by atoms with van der Waals surface area (Å²) in [6.07, 6.45) is 3.72. The highest BCUT2D eigenvalue weighted by molar-refractivity contribution is 7.17. The Hall–Kier alpha value is -2.38. The number of carbonyl (C=O) groups is 3. The molecule has 28 heavy (non-hydrogen) atoms. The lowest BCUT2D eigenvalue weighted by Gasteiger charge is -2.13. The Morgan fingerprint density at radius 3 is 2.57 bits per heavy atom. The number of nitrogens with one attached hydrogen (secondary N) is 2. The van der Waals surface area contributed by atoms with E-state index in [2.05, 4.69) is 10.6 Å². The quantitative estimate of drug-likeness (QED) is 0.697. The van der Waals surface area contributed by atoms with Crippen molar-refractivity contribution in [1.82, 2.24) is 5.32 Å². The molecule has 3 rings (SSSR count). The van der Waals surface area contributed by atoms with Crippen molar-refractivity contribution in [3.05, 3.63) is 50.9 Å². The third-order valence-electron chi connectivity index (χ3n) is 4.40. The first-order valence-corrected chi connectivity index (χ1v) is 10.2. The van der Waals surface area contributed by atoms with Crippen molar-refractivity contribution < 1.29 is 19.1 Å². The third kappa shape index (κ3) is 5.11. The van der Waals surface area contributed by atoms with Gasteiger partial charge in [-0.05, 0) is 48.9 Å². The molecule has 0 fully saturated rings. The molecular formula is C20H21ClN2O4S. The topological polar surface area (TPSA) is 84.5 Å². The van der Waals surface area contributed by atoms with Crippen LogP contribution in [0.15, 0.2) is 24.3 Å². The Kier molecular flexibility index (Phi) is 6.70. The van der Waals surface area contributed by atoms with Crippen LogP contribution >= 0.6 is 22.9 Å². The summed E-state index contributed by atoms with van der Waals surface area (Å²) in [5.74, 6) is -1.22. The van der Waals surface area contributed by atoms with E-state index < -0.39 is 11.9 Å². The van der Waals surface area contributed by atoms with E-state index in [1.54, 1.807) is 12.1 Å². The zero-order chi connectivity index (χ0) is 20.1.